The van der Waals surface area contributed by atoms with Crippen LogP contribution in [0.4, 0.5) is 5.69 Å². The largest absolute Gasteiger partial charge is 0.269 e. The second-order valence-electron chi connectivity index (χ2n) is 5.35. The first kappa shape index (κ1) is 18.6. The zero-order valence-corrected chi connectivity index (χ0v) is 13.9. The Hall–Kier alpha value is -1.49. The molecule has 0 aliphatic heterocycles. The van der Waals surface area contributed by atoms with Gasteiger partial charge < -0.3 is 0 Å². The molecule has 4 nitrogen and oxygen atoms in total. The fraction of sp³-hybridized carbons (Fsp3) is 0.529. The normalized spacial score (nSPS) is 12.0. The lowest BCUT2D eigenvalue weighted by Crippen LogP contribution is -1.98. The standard InChI is InChI=1S/C17H25NO3S/c1-2-3-4-5-6-7-8-9-10-15-22(21)17-13-11-16(12-14-17)18(19)20/h2,11-14H,1,3-10,15H2. The van der Waals surface area contributed by atoms with Crippen LogP contribution in [0, 0.1) is 10.1 Å². The van der Waals surface area contributed by atoms with Gasteiger partial charge in [0.2, 0.25) is 0 Å². The Kier molecular flexibility index (Phi) is 9.39. The van der Waals surface area contributed by atoms with E-state index in [9.17, 15) is 14.3 Å². The molecule has 0 heterocycles. The van der Waals surface area contributed by atoms with Crippen molar-refractivity contribution in [2.75, 3.05) is 5.75 Å². The van der Waals surface area contributed by atoms with Crippen molar-refractivity contribution in [3.8, 4) is 0 Å². The minimum absolute atomic E-state index is 0.0391. The second kappa shape index (κ2) is 11.1. The van der Waals surface area contributed by atoms with E-state index in [0.717, 1.165) is 19.3 Å². The van der Waals surface area contributed by atoms with Crippen molar-refractivity contribution in [2.24, 2.45) is 0 Å². The van der Waals surface area contributed by atoms with E-state index in [2.05, 4.69) is 6.58 Å². The highest BCUT2D eigenvalue weighted by Crippen LogP contribution is 2.16. The molecular formula is C17H25NO3S. The maximum atomic E-state index is 12.1. The van der Waals surface area contributed by atoms with Crippen molar-refractivity contribution in [3.63, 3.8) is 0 Å². The van der Waals surface area contributed by atoms with Crippen molar-refractivity contribution in [1.82, 2.24) is 0 Å². The molecule has 0 bridgehead atoms. The van der Waals surface area contributed by atoms with Gasteiger partial charge in [0, 0.05) is 22.8 Å². The molecule has 0 spiro atoms. The number of allylic oxidation sites excluding steroid dienone is 1. The van der Waals surface area contributed by atoms with Gasteiger partial charge in [0.15, 0.2) is 0 Å². The number of non-ortho nitro benzene ring substituents is 1. The van der Waals surface area contributed by atoms with Gasteiger partial charge in [0.05, 0.1) is 15.7 Å². The summed E-state index contributed by atoms with van der Waals surface area (Å²) in [5.74, 6) is 0.633. The van der Waals surface area contributed by atoms with E-state index >= 15 is 0 Å². The van der Waals surface area contributed by atoms with Crippen LogP contribution in [-0.2, 0) is 10.8 Å². The fourth-order valence-electron chi connectivity index (χ4n) is 2.24. The highest BCUT2D eigenvalue weighted by atomic mass is 32.2. The third-order valence-electron chi connectivity index (χ3n) is 3.55. The van der Waals surface area contributed by atoms with Gasteiger partial charge in [0.25, 0.3) is 5.69 Å². The van der Waals surface area contributed by atoms with Gasteiger partial charge in [-0.3, -0.25) is 14.3 Å². The second-order valence-corrected chi connectivity index (χ2v) is 6.92. The maximum Gasteiger partial charge on any atom is 0.269 e. The zero-order valence-electron chi connectivity index (χ0n) is 13.0. The fourth-order valence-corrected chi connectivity index (χ4v) is 3.38. The molecule has 0 fully saturated rings. The Labute approximate surface area is 135 Å². The summed E-state index contributed by atoms with van der Waals surface area (Å²) in [6.45, 7) is 3.71. The van der Waals surface area contributed by atoms with Gasteiger partial charge in [-0.25, -0.2) is 0 Å². The van der Waals surface area contributed by atoms with Crippen molar-refractivity contribution >= 4 is 16.5 Å². The molecule has 122 valence electrons. The molecule has 0 amide bonds. The van der Waals surface area contributed by atoms with Crippen LogP contribution in [0.1, 0.15) is 51.4 Å². The third kappa shape index (κ3) is 7.50. The zero-order chi connectivity index (χ0) is 16.2. The van der Waals surface area contributed by atoms with Gasteiger partial charge in [-0.05, 0) is 31.4 Å². The summed E-state index contributed by atoms with van der Waals surface area (Å²) in [6, 6.07) is 6.01. The topological polar surface area (TPSA) is 60.2 Å². The molecule has 0 aliphatic carbocycles. The van der Waals surface area contributed by atoms with Gasteiger partial charge in [-0.1, -0.05) is 38.2 Å². The minimum atomic E-state index is -1.05. The summed E-state index contributed by atoms with van der Waals surface area (Å²) in [6.07, 6.45) is 11.3. The predicted octanol–water partition coefficient (Wildman–Crippen LogP) is 5.01. The highest BCUT2D eigenvalue weighted by molar-refractivity contribution is 7.85. The van der Waals surface area contributed by atoms with E-state index in [1.165, 1.54) is 44.2 Å². The predicted molar refractivity (Wildman–Crippen MR) is 91.5 cm³/mol. The van der Waals surface area contributed by atoms with E-state index in [-0.39, 0.29) is 5.69 Å². The van der Waals surface area contributed by atoms with Gasteiger partial charge in [0.1, 0.15) is 0 Å². The number of benzene rings is 1. The van der Waals surface area contributed by atoms with Crippen LogP contribution < -0.4 is 0 Å². The lowest BCUT2D eigenvalue weighted by molar-refractivity contribution is -0.384. The third-order valence-corrected chi connectivity index (χ3v) is 5.01. The molecule has 22 heavy (non-hydrogen) atoms. The first-order valence-corrected chi connectivity index (χ1v) is 9.21. The van der Waals surface area contributed by atoms with Crippen LogP contribution in [-0.4, -0.2) is 14.9 Å². The van der Waals surface area contributed by atoms with Gasteiger partial charge >= 0.3 is 0 Å². The molecule has 0 saturated heterocycles. The van der Waals surface area contributed by atoms with Crippen LogP contribution in [0.5, 0.6) is 0 Å². The van der Waals surface area contributed by atoms with Crippen LogP contribution in [0.15, 0.2) is 41.8 Å². The highest BCUT2D eigenvalue weighted by Gasteiger charge is 2.08. The number of nitro groups is 1. The number of hydrogen-bond acceptors (Lipinski definition) is 3. The number of hydrogen-bond donors (Lipinski definition) is 0. The molecule has 1 aromatic carbocycles. The molecular weight excluding hydrogens is 298 g/mol. The Morgan fingerprint density at radius 3 is 2.09 bits per heavy atom. The van der Waals surface area contributed by atoms with Gasteiger partial charge in [-0.2, -0.15) is 0 Å². The minimum Gasteiger partial charge on any atom is -0.258 e. The lowest BCUT2D eigenvalue weighted by Gasteiger charge is -2.03. The molecule has 0 radical (unpaired) electrons. The van der Waals surface area contributed by atoms with Crippen molar-refractivity contribution in [1.29, 1.82) is 0 Å². The van der Waals surface area contributed by atoms with Crippen molar-refractivity contribution < 1.29 is 9.13 Å². The van der Waals surface area contributed by atoms with E-state index in [4.69, 9.17) is 0 Å². The molecule has 0 saturated carbocycles. The van der Waals surface area contributed by atoms with E-state index in [1.54, 1.807) is 12.1 Å². The van der Waals surface area contributed by atoms with Crippen molar-refractivity contribution in [3.05, 3.63) is 47.0 Å². The van der Waals surface area contributed by atoms with Crippen LogP contribution in [0.2, 0.25) is 0 Å². The monoisotopic (exact) mass is 323 g/mol. The average Bonchev–Trinajstić information content (AvgIpc) is 2.53. The number of rotatable bonds is 12. The molecule has 1 atom stereocenters. The van der Waals surface area contributed by atoms with Gasteiger partial charge in [-0.15, -0.1) is 6.58 Å². The Balaban J connectivity index is 2.13. The van der Waals surface area contributed by atoms with Crippen molar-refractivity contribution in [2.45, 2.75) is 56.3 Å². The maximum absolute atomic E-state index is 12.1. The molecule has 1 rings (SSSR count). The first-order valence-electron chi connectivity index (χ1n) is 7.89. The Bertz CT molecular complexity index is 485. The number of unbranched alkanes of at least 4 members (excludes halogenated alkanes) is 7. The summed E-state index contributed by atoms with van der Waals surface area (Å²) in [5.41, 5.74) is 0.0391. The Morgan fingerprint density at radius 2 is 1.55 bits per heavy atom. The van der Waals surface area contributed by atoms with E-state index in [0.29, 0.717) is 10.6 Å². The summed E-state index contributed by atoms with van der Waals surface area (Å²) < 4.78 is 12.1. The summed E-state index contributed by atoms with van der Waals surface area (Å²) in [7, 11) is -1.05. The smallest absolute Gasteiger partial charge is 0.258 e. The molecule has 0 aromatic heterocycles. The molecule has 5 heteroatoms. The molecule has 1 aromatic rings. The molecule has 0 aliphatic rings. The van der Waals surface area contributed by atoms with Crippen LogP contribution in [0.3, 0.4) is 0 Å². The van der Waals surface area contributed by atoms with Crippen LogP contribution in [0.25, 0.3) is 0 Å². The quantitative estimate of drug-likeness (QED) is 0.235. The Morgan fingerprint density at radius 1 is 1.00 bits per heavy atom. The van der Waals surface area contributed by atoms with E-state index < -0.39 is 15.7 Å². The molecule has 1 unspecified atom stereocenters. The molecule has 0 N–H and O–H groups in total. The summed E-state index contributed by atoms with van der Waals surface area (Å²) in [5, 5.41) is 10.6. The average molecular weight is 323 g/mol. The first-order chi connectivity index (χ1) is 10.6. The SMILES string of the molecule is C=CCCCCCCCCCS(=O)c1ccc([N+](=O)[O-])cc1. The summed E-state index contributed by atoms with van der Waals surface area (Å²) in [4.78, 5) is 10.8. The number of nitrogens with zero attached hydrogens (tertiary/aromatic N) is 1. The summed E-state index contributed by atoms with van der Waals surface area (Å²) >= 11 is 0. The van der Waals surface area contributed by atoms with Crippen LogP contribution >= 0.6 is 0 Å². The van der Waals surface area contributed by atoms with E-state index in [1.807, 2.05) is 6.08 Å². The number of nitro benzene ring substituents is 1. The lowest BCUT2D eigenvalue weighted by atomic mass is 10.1.